The fourth-order valence-electron chi connectivity index (χ4n) is 2.83. The van der Waals surface area contributed by atoms with Gasteiger partial charge in [-0.3, -0.25) is 4.79 Å². The molecule has 0 aliphatic heterocycles. The molecule has 0 saturated heterocycles. The summed E-state index contributed by atoms with van der Waals surface area (Å²) in [6, 6.07) is 21.4. The molecule has 3 aromatic rings. The van der Waals surface area contributed by atoms with Gasteiger partial charge < -0.3 is 25.4 Å². The highest BCUT2D eigenvalue weighted by molar-refractivity contribution is 8.00. The highest BCUT2D eigenvalue weighted by Crippen LogP contribution is 2.31. The number of amides is 3. The largest absolute Gasteiger partial charge is 0.497 e. The second kappa shape index (κ2) is 11.1. The van der Waals surface area contributed by atoms with E-state index >= 15 is 0 Å². The minimum absolute atomic E-state index is 0.150. The molecule has 8 heteroatoms. The van der Waals surface area contributed by atoms with Crippen molar-refractivity contribution in [2.45, 2.75) is 17.1 Å². The van der Waals surface area contributed by atoms with Crippen LogP contribution in [0.25, 0.3) is 0 Å². The van der Waals surface area contributed by atoms with Crippen molar-refractivity contribution >= 4 is 40.8 Å². The SMILES string of the molecule is COc1ccc(NC(=O)C(C)Sc2ccc(NC(=O)Nc3ccccc3)cc2)c(OC)c1. The average Bonchev–Trinajstić information content (AvgIpc) is 2.81. The first kappa shape index (κ1) is 23.0. The van der Waals surface area contributed by atoms with Crippen molar-refractivity contribution in [3.8, 4) is 11.5 Å². The second-order valence-corrected chi connectivity index (χ2v) is 8.20. The summed E-state index contributed by atoms with van der Waals surface area (Å²) in [5.41, 5.74) is 1.95. The van der Waals surface area contributed by atoms with Crippen LogP contribution in [-0.4, -0.2) is 31.4 Å². The third kappa shape index (κ3) is 6.42. The van der Waals surface area contributed by atoms with Crippen LogP contribution in [0.15, 0.2) is 77.7 Å². The molecule has 0 aliphatic rings. The Morgan fingerprint density at radius 2 is 1.47 bits per heavy atom. The summed E-state index contributed by atoms with van der Waals surface area (Å²) in [6.45, 7) is 1.83. The number of carbonyl (C=O) groups is 2. The Balaban J connectivity index is 1.54. The number of urea groups is 1. The summed E-state index contributed by atoms with van der Waals surface area (Å²) in [4.78, 5) is 25.6. The van der Waals surface area contributed by atoms with Crippen LogP contribution in [0.5, 0.6) is 11.5 Å². The Kier molecular flexibility index (Phi) is 7.99. The van der Waals surface area contributed by atoms with Crippen molar-refractivity contribution in [1.82, 2.24) is 0 Å². The molecule has 32 heavy (non-hydrogen) atoms. The van der Waals surface area contributed by atoms with E-state index in [1.54, 1.807) is 37.4 Å². The molecule has 0 bridgehead atoms. The Morgan fingerprint density at radius 3 is 2.09 bits per heavy atom. The van der Waals surface area contributed by atoms with Crippen molar-refractivity contribution in [3.05, 3.63) is 72.8 Å². The van der Waals surface area contributed by atoms with Gasteiger partial charge >= 0.3 is 6.03 Å². The van der Waals surface area contributed by atoms with Crippen LogP contribution in [-0.2, 0) is 4.79 Å². The van der Waals surface area contributed by atoms with E-state index in [-0.39, 0.29) is 17.2 Å². The molecular formula is C24H25N3O4S. The topological polar surface area (TPSA) is 88.7 Å². The average molecular weight is 452 g/mol. The van der Waals surface area contributed by atoms with Crippen LogP contribution < -0.4 is 25.4 Å². The molecule has 0 heterocycles. The van der Waals surface area contributed by atoms with Crippen LogP contribution in [0.1, 0.15) is 6.92 Å². The number of anilines is 3. The molecule has 0 saturated carbocycles. The summed E-state index contributed by atoms with van der Waals surface area (Å²) >= 11 is 1.42. The number of carbonyl (C=O) groups excluding carboxylic acids is 2. The van der Waals surface area contributed by atoms with Crippen LogP contribution in [0.3, 0.4) is 0 Å². The van der Waals surface area contributed by atoms with Crippen LogP contribution in [0.4, 0.5) is 21.9 Å². The zero-order valence-corrected chi connectivity index (χ0v) is 18.9. The first-order valence-corrected chi connectivity index (χ1v) is 10.8. The standard InChI is InChI=1S/C24H25N3O4S/c1-16(23(28)27-21-14-11-19(30-2)15-22(21)31-3)32-20-12-9-18(10-13-20)26-24(29)25-17-7-5-4-6-8-17/h4-16H,1-3H3,(H,27,28)(H2,25,26,29). The molecule has 3 rings (SSSR count). The van der Waals surface area contributed by atoms with Gasteiger partial charge in [0.25, 0.3) is 0 Å². The number of benzene rings is 3. The molecule has 166 valence electrons. The fourth-order valence-corrected chi connectivity index (χ4v) is 3.69. The van der Waals surface area contributed by atoms with E-state index in [0.29, 0.717) is 28.6 Å². The predicted octanol–water partition coefficient (Wildman–Crippen LogP) is 5.47. The summed E-state index contributed by atoms with van der Waals surface area (Å²) in [6.07, 6.45) is 0. The van der Waals surface area contributed by atoms with Gasteiger partial charge in [-0.25, -0.2) is 4.79 Å². The molecule has 7 nitrogen and oxygen atoms in total. The van der Waals surface area contributed by atoms with Gasteiger partial charge in [0.2, 0.25) is 5.91 Å². The highest BCUT2D eigenvalue weighted by atomic mass is 32.2. The van der Waals surface area contributed by atoms with E-state index in [2.05, 4.69) is 16.0 Å². The smallest absolute Gasteiger partial charge is 0.323 e. The van der Waals surface area contributed by atoms with Gasteiger partial charge in [-0.15, -0.1) is 11.8 Å². The summed E-state index contributed by atoms with van der Waals surface area (Å²) < 4.78 is 10.5. The first-order valence-electron chi connectivity index (χ1n) is 9.91. The number of rotatable bonds is 8. The molecule has 3 amide bonds. The number of thioether (sulfide) groups is 1. The molecule has 0 radical (unpaired) electrons. The third-order valence-corrected chi connectivity index (χ3v) is 5.60. The van der Waals surface area contributed by atoms with Gasteiger partial charge in [-0.2, -0.15) is 0 Å². The maximum atomic E-state index is 12.6. The lowest BCUT2D eigenvalue weighted by Crippen LogP contribution is -2.22. The molecule has 3 N–H and O–H groups in total. The molecule has 0 aromatic heterocycles. The first-order chi connectivity index (χ1) is 15.5. The number of methoxy groups -OCH3 is 2. The van der Waals surface area contributed by atoms with Crippen LogP contribution >= 0.6 is 11.8 Å². The third-order valence-electron chi connectivity index (χ3n) is 4.49. The van der Waals surface area contributed by atoms with Crippen molar-refractivity contribution in [2.75, 3.05) is 30.2 Å². The Bertz CT molecular complexity index is 1060. The van der Waals surface area contributed by atoms with Gasteiger partial charge in [0, 0.05) is 22.3 Å². The lowest BCUT2D eigenvalue weighted by Gasteiger charge is -2.15. The lowest BCUT2D eigenvalue weighted by molar-refractivity contribution is -0.115. The molecule has 0 fully saturated rings. The summed E-state index contributed by atoms with van der Waals surface area (Å²) in [5, 5.41) is 8.09. The second-order valence-electron chi connectivity index (χ2n) is 6.79. The highest BCUT2D eigenvalue weighted by Gasteiger charge is 2.17. The Hall–Kier alpha value is -3.65. The maximum Gasteiger partial charge on any atom is 0.323 e. The Labute approximate surface area is 191 Å². The zero-order valence-electron chi connectivity index (χ0n) is 18.0. The van der Waals surface area contributed by atoms with Gasteiger partial charge in [0.15, 0.2) is 0 Å². The normalized spacial score (nSPS) is 11.2. The van der Waals surface area contributed by atoms with Gasteiger partial charge in [-0.1, -0.05) is 18.2 Å². The minimum Gasteiger partial charge on any atom is -0.497 e. The molecule has 0 spiro atoms. The molecular weight excluding hydrogens is 426 g/mol. The van der Waals surface area contributed by atoms with Gasteiger partial charge in [-0.05, 0) is 55.5 Å². The number of nitrogens with one attached hydrogen (secondary N) is 3. The lowest BCUT2D eigenvalue weighted by atomic mass is 10.2. The molecule has 0 aliphatic carbocycles. The van der Waals surface area contributed by atoms with Gasteiger partial charge in [0.1, 0.15) is 11.5 Å². The van der Waals surface area contributed by atoms with Crippen molar-refractivity contribution in [1.29, 1.82) is 0 Å². The monoisotopic (exact) mass is 451 g/mol. The predicted molar refractivity (Wildman–Crippen MR) is 129 cm³/mol. The van der Waals surface area contributed by atoms with Crippen LogP contribution in [0.2, 0.25) is 0 Å². The van der Waals surface area contributed by atoms with E-state index in [0.717, 1.165) is 4.90 Å². The Morgan fingerprint density at radius 1 is 0.812 bits per heavy atom. The fraction of sp³-hybridized carbons (Fsp3) is 0.167. The van der Waals surface area contributed by atoms with Crippen molar-refractivity contribution < 1.29 is 19.1 Å². The van der Waals surface area contributed by atoms with Gasteiger partial charge in [0.05, 0.1) is 25.2 Å². The maximum absolute atomic E-state index is 12.6. The summed E-state index contributed by atoms with van der Waals surface area (Å²) in [7, 11) is 3.11. The zero-order chi connectivity index (χ0) is 22.9. The van der Waals surface area contributed by atoms with E-state index in [1.807, 2.05) is 49.4 Å². The molecule has 3 aromatic carbocycles. The summed E-state index contributed by atoms with van der Waals surface area (Å²) in [5.74, 6) is 1.02. The van der Waals surface area contributed by atoms with E-state index in [9.17, 15) is 9.59 Å². The van der Waals surface area contributed by atoms with Crippen molar-refractivity contribution in [3.63, 3.8) is 0 Å². The van der Waals surface area contributed by atoms with E-state index < -0.39 is 0 Å². The minimum atomic E-state index is -0.345. The van der Waals surface area contributed by atoms with E-state index in [4.69, 9.17) is 9.47 Å². The van der Waals surface area contributed by atoms with E-state index in [1.165, 1.54) is 18.9 Å². The number of hydrogen-bond donors (Lipinski definition) is 3. The quantitative estimate of drug-likeness (QED) is 0.396. The van der Waals surface area contributed by atoms with Crippen molar-refractivity contribution in [2.24, 2.45) is 0 Å². The number of hydrogen-bond acceptors (Lipinski definition) is 5. The van der Waals surface area contributed by atoms with Crippen LogP contribution in [0, 0.1) is 0 Å². The number of para-hydroxylation sites is 1. The molecule has 1 unspecified atom stereocenters. The molecule has 1 atom stereocenters. The number of ether oxygens (including phenoxy) is 2.